The van der Waals surface area contributed by atoms with E-state index in [4.69, 9.17) is 4.55 Å². The summed E-state index contributed by atoms with van der Waals surface area (Å²) in [4.78, 5) is -0.288. The SMILES string of the molecule is O=S(=O)(O)c1ccc(NC2=CC(F)=NN(F)N2)cc1. The van der Waals surface area contributed by atoms with E-state index in [-0.39, 0.29) is 16.1 Å². The van der Waals surface area contributed by atoms with Gasteiger partial charge in [-0.15, -0.1) is 0 Å². The van der Waals surface area contributed by atoms with Gasteiger partial charge >= 0.3 is 0 Å². The van der Waals surface area contributed by atoms with Gasteiger partial charge in [0.1, 0.15) is 5.82 Å². The van der Waals surface area contributed by atoms with E-state index in [1.807, 2.05) is 0 Å². The van der Waals surface area contributed by atoms with Crippen LogP contribution in [-0.2, 0) is 10.1 Å². The van der Waals surface area contributed by atoms with Crippen LogP contribution in [0.2, 0.25) is 0 Å². The summed E-state index contributed by atoms with van der Waals surface area (Å²) in [7, 11) is -4.28. The third kappa shape index (κ3) is 3.39. The summed E-state index contributed by atoms with van der Waals surface area (Å²) in [6.45, 7) is 0. The largest absolute Gasteiger partial charge is 0.340 e. The highest BCUT2D eigenvalue weighted by molar-refractivity contribution is 7.85. The van der Waals surface area contributed by atoms with Crippen LogP contribution in [0.4, 0.5) is 14.6 Å². The Bertz CT molecular complexity index is 642. The number of anilines is 1. The monoisotopic (exact) mass is 290 g/mol. The zero-order valence-electron chi connectivity index (χ0n) is 9.21. The van der Waals surface area contributed by atoms with Gasteiger partial charge in [0.05, 0.1) is 4.90 Å². The van der Waals surface area contributed by atoms with Crippen LogP contribution < -0.4 is 10.7 Å². The first-order chi connectivity index (χ1) is 8.84. The van der Waals surface area contributed by atoms with Crippen molar-refractivity contribution in [3.63, 3.8) is 0 Å². The molecule has 0 fully saturated rings. The second-order valence-electron chi connectivity index (χ2n) is 3.48. The molecule has 0 saturated carbocycles. The van der Waals surface area contributed by atoms with Gasteiger partial charge in [0.2, 0.25) is 5.97 Å². The Morgan fingerprint density at radius 1 is 1.32 bits per heavy atom. The van der Waals surface area contributed by atoms with Gasteiger partial charge in [-0.25, -0.2) is 5.43 Å². The first-order valence-electron chi connectivity index (χ1n) is 4.87. The van der Waals surface area contributed by atoms with Crippen molar-refractivity contribution in [1.29, 1.82) is 0 Å². The molecule has 1 aromatic carbocycles. The van der Waals surface area contributed by atoms with E-state index < -0.39 is 16.1 Å². The molecule has 0 bridgehead atoms. The van der Waals surface area contributed by atoms with Gasteiger partial charge in [-0.3, -0.25) is 4.55 Å². The van der Waals surface area contributed by atoms with E-state index in [0.29, 0.717) is 5.69 Å². The number of allylic oxidation sites excluding steroid dienone is 1. The molecule has 0 spiro atoms. The maximum absolute atomic E-state index is 12.8. The Hall–Kier alpha value is -2.20. The quantitative estimate of drug-likeness (QED) is 0.571. The van der Waals surface area contributed by atoms with E-state index >= 15 is 0 Å². The summed E-state index contributed by atoms with van der Waals surface area (Å²) >= 11 is 0. The standard InChI is InChI=1S/C9H8F2N4O3S/c10-8-5-9(14-15(11)13-8)12-6-1-3-7(4-2-6)19(16,17)18/h1-5,12,14H,(H,16,17,18). The Balaban J connectivity index is 2.15. The van der Waals surface area contributed by atoms with Crippen LogP contribution in [0.1, 0.15) is 0 Å². The maximum atomic E-state index is 12.8. The minimum absolute atomic E-state index is 0.0328. The molecule has 0 aliphatic carbocycles. The fourth-order valence-corrected chi connectivity index (χ4v) is 1.80. The van der Waals surface area contributed by atoms with Gasteiger partial charge in [-0.1, -0.05) is 9.58 Å². The third-order valence-electron chi connectivity index (χ3n) is 2.09. The first-order valence-corrected chi connectivity index (χ1v) is 6.31. The van der Waals surface area contributed by atoms with E-state index in [2.05, 4.69) is 15.8 Å². The molecule has 1 aromatic rings. The van der Waals surface area contributed by atoms with E-state index in [1.165, 1.54) is 12.1 Å². The highest BCUT2D eigenvalue weighted by atomic mass is 32.2. The van der Waals surface area contributed by atoms with Crippen molar-refractivity contribution in [2.24, 2.45) is 5.10 Å². The second kappa shape index (κ2) is 4.82. The Kier molecular flexibility index (Phi) is 3.36. The fraction of sp³-hybridized carbons (Fsp3) is 0. The highest BCUT2D eigenvalue weighted by Crippen LogP contribution is 2.15. The predicted octanol–water partition coefficient (Wildman–Crippen LogP) is 1.17. The lowest BCUT2D eigenvalue weighted by atomic mass is 10.3. The summed E-state index contributed by atoms with van der Waals surface area (Å²) in [5, 5.41) is 5.07. The molecule has 0 unspecified atom stereocenters. The molecule has 0 saturated heterocycles. The summed E-state index contributed by atoms with van der Waals surface area (Å²) in [5.74, 6) is -1.08. The van der Waals surface area contributed by atoms with Crippen LogP contribution in [0.15, 0.2) is 46.2 Å². The van der Waals surface area contributed by atoms with Crippen molar-refractivity contribution in [3.8, 4) is 0 Å². The average Bonchev–Trinajstić information content (AvgIpc) is 2.26. The number of hydrazone groups is 1. The van der Waals surface area contributed by atoms with Crippen LogP contribution in [0.25, 0.3) is 0 Å². The lowest BCUT2D eigenvalue weighted by Gasteiger charge is -2.18. The van der Waals surface area contributed by atoms with Gasteiger partial charge in [0, 0.05) is 11.8 Å². The molecule has 1 aliphatic rings. The topological polar surface area (TPSA) is 94.0 Å². The normalized spacial score (nSPS) is 15.4. The second-order valence-corrected chi connectivity index (χ2v) is 4.90. The van der Waals surface area contributed by atoms with Gasteiger partial charge in [-0.05, 0) is 29.6 Å². The summed E-state index contributed by atoms with van der Waals surface area (Å²) in [6.07, 6.45) is 0.910. The van der Waals surface area contributed by atoms with Crippen molar-refractivity contribution in [2.75, 3.05) is 5.32 Å². The number of rotatable bonds is 3. The van der Waals surface area contributed by atoms with Crippen molar-refractivity contribution in [1.82, 2.24) is 10.8 Å². The van der Waals surface area contributed by atoms with Crippen molar-refractivity contribution < 1.29 is 21.8 Å². The molecule has 0 amide bonds. The Morgan fingerprint density at radius 2 is 1.95 bits per heavy atom. The number of nitrogens with zero attached hydrogens (tertiary/aromatic N) is 2. The minimum atomic E-state index is -4.28. The van der Waals surface area contributed by atoms with Crippen molar-refractivity contribution in [3.05, 3.63) is 36.2 Å². The van der Waals surface area contributed by atoms with Gasteiger partial charge in [-0.2, -0.15) is 12.8 Å². The molecule has 7 nitrogen and oxygen atoms in total. The smallest absolute Gasteiger partial charge is 0.294 e. The van der Waals surface area contributed by atoms with Crippen LogP contribution in [-0.4, -0.2) is 24.3 Å². The molecule has 19 heavy (non-hydrogen) atoms. The number of hydrogen-bond donors (Lipinski definition) is 3. The molecular weight excluding hydrogens is 282 g/mol. The Labute approximate surface area is 106 Å². The Morgan fingerprint density at radius 3 is 2.47 bits per heavy atom. The summed E-state index contributed by atoms with van der Waals surface area (Å²) < 4.78 is 55.9. The molecule has 0 atom stereocenters. The molecule has 0 radical (unpaired) electrons. The first kappa shape index (κ1) is 13.2. The number of benzene rings is 1. The molecule has 1 aliphatic heterocycles. The number of hydrogen-bond acceptors (Lipinski definition) is 6. The zero-order valence-corrected chi connectivity index (χ0v) is 10.0. The van der Waals surface area contributed by atoms with Gasteiger partial charge < -0.3 is 5.32 Å². The molecule has 1 heterocycles. The molecule has 0 aromatic heterocycles. The van der Waals surface area contributed by atoms with Crippen LogP contribution in [0.3, 0.4) is 0 Å². The number of hydrazine groups is 1. The van der Waals surface area contributed by atoms with E-state index in [1.54, 1.807) is 0 Å². The third-order valence-corrected chi connectivity index (χ3v) is 2.96. The number of nitrogens with one attached hydrogen (secondary N) is 2. The fourth-order valence-electron chi connectivity index (χ4n) is 1.32. The van der Waals surface area contributed by atoms with Gasteiger partial charge in [0.25, 0.3) is 10.1 Å². The lowest BCUT2D eigenvalue weighted by molar-refractivity contribution is -0.0198. The molecular formula is C9H8F2N4O3S. The van der Waals surface area contributed by atoms with Crippen LogP contribution in [0.5, 0.6) is 0 Å². The molecule has 102 valence electrons. The van der Waals surface area contributed by atoms with Crippen molar-refractivity contribution >= 4 is 21.8 Å². The number of halogens is 2. The van der Waals surface area contributed by atoms with Crippen LogP contribution >= 0.6 is 0 Å². The molecule has 10 heteroatoms. The minimum Gasteiger partial charge on any atom is -0.340 e. The average molecular weight is 290 g/mol. The highest BCUT2D eigenvalue weighted by Gasteiger charge is 2.13. The van der Waals surface area contributed by atoms with E-state index in [9.17, 15) is 17.3 Å². The van der Waals surface area contributed by atoms with E-state index in [0.717, 1.165) is 18.2 Å². The molecule has 3 N–H and O–H groups in total. The summed E-state index contributed by atoms with van der Waals surface area (Å²) in [5.41, 5.74) is 2.42. The lowest BCUT2D eigenvalue weighted by Crippen LogP contribution is -2.33. The van der Waals surface area contributed by atoms with Crippen molar-refractivity contribution in [2.45, 2.75) is 4.90 Å². The maximum Gasteiger partial charge on any atom is 0.294 e. The summed E-state index contributed by atoms with van der Waals surface area (Å²) in [6, 6.07) is 4.91. The zero-order chi connectivity index (χ0) is 14.0. The van der Waals surface area contributed by atoms with Crippen LogP contribution in [0, 0.1) is 0 Å². The van der Waals surface area contributed by atoms with Gasteiger partial charge in [0.15, 0.2) is 0 Å². The molecule has 2 rings (SSSR count). The predicted molar refractivity (Wildman–Crippen MR) is 62.6 cm³/mol.